The molecule has 2 aromatic rings. The Morgan fingerprint density at radius 2 is 2.04 bits per heavy atom. The summed E-state index contributed by atoms with van der Waals surface area (Å²) in [6.07, 6.45) is 4.30. The van der Waals surface area contributed by atoms with Gasteiger partial charge in [0.1, 0.15) is 5.76 Å². The zero-order valence-corrected chi connectivity index (χ0v) is 17.0. The first-order valence-electron chi connectivity index (χ1n) is 9.19. The Morgan fingerprint density at radius 1 is 1.31 bits per heavy atom. The first-order valence-corrected chi connectivity index (χ1v) is 9.19. The van der Waals surface area contributed by atoms with Crippen molar-refractivity contribution in [1.82, 2.24) is 20.0 Å². The second-order valence-electron chi connectivity index (χ2n) is 7.06. The van der Waals surface area contributed by atoms with E-state index in [1.807, 2.05) is 17.8 Å². The predicted molar refractivity (Wildman–Crippen MR) is 105 cm³/mol. The van der Waals surface area contributed by atoms with Crippen LogP contribution in [-0.2, 0) is 13.6 Å². The lowest BCUT2D eigenvalue weighted by molar-refractivity contribution is 0.209. The van der Waals surface area contributed by atoms with Gasteiger partial charge in [-0.15, -0.1) is 12.4 Å². The maximum Gasteiger partial charge on any atom is 0.216 e. The van der Waals surface area contributed by atoms with Gasteiger partial charge in [0.2, 0.25) is 5.88 Å². The van der Waals surface area contributed by atoms with Crippen LogP contribution in [0, 0.1) is 0 Å². The normalized spacial score (nSPS) is 16.0. The smallest absolute Gasteiger partial charge is 0.216 e. The molecule has 0 saturated carbocycles. The number of aromatic nitrogens is 2. The highest BCUT2D eigenvalue weighted by Crippen LogP contribution is 2.28. The minimum Gasteiger partial charge on any atom is -0.481 e. The molecule has 0 aromatic carbocycles. The molecule has 1 aliphatic rings. The lowest BCUT2D eigenvalue weighted by Crippen LogP contribution is -2.33. The van der Waals surface area contributed by atoms with Crippen LogP contribution in [0.3, 0.4) is 0 Å². The Morgan fingerprint density at radius 3 is 2.62 bits per heavy atom. The third-order valence-electron chi connectivity index (χ3n) is 4.95. The van der Waals surface area contributed by atoms with Crippen LogP contribution in [0.5, 0.6) is 5.88 Å². The minimum atomic E-state index is 0. The summed E-state index contributed by atoms with van der Waals surface area (Å²) >= 11 is 0. The maximum atomic E-state index is 5.70. The fraction of sp³-hybridized carbons (Fsp3) is 0.632. The summed E-state index contributed by atoms with van der Waals surface area (Å²) in [4.78, 5) is 2.51. The summed E-state index contributed by atoms with van der Waals surface area (Å²) < 4.78 is 13.1. The van der Waals surface area contributed by atoms with Crippen LogP contribution in [0.2, 0.25) is 0 Å². The van der Waals surface area contributed by atoms with Crippen molar-refractivity contribution in [3.8, 4) is 5.88 Å². The van der Waals surface area contributed by atoms with Crippen molar-refractivity contribution in [1.29, 1.82) is 0 Å². The molecule has 7 heteroatoms. The number of nitrogens with zero attached hydrogens (tertiary/aromatic N) is 3. The Bertz CT molecular complexity index is 663. The van der Waals surface area contributed by atoms with Gasteiger partial charge in [0, 0.05) is 20.1 Å². The molecule has 0 bridgehead atoms. The fourth-order valence-electron chi connectivity index (χ4n) is 3.74. The van der Waals surface area contributed by atoms with E-state index < -0.39 is 0 Å². The first kappa shape index (κ1) is 20.8. The van der Waals surface area contributed by atoms with E-state index in [9.17, 15) is 0 Å². The van der Waals surface area contributed by atoms with Crippen LogP contribution in [0.4, 0.5) is 0 Å². The molecule has 26 heavy (non-hydrogen) atoms. The van der Waals surface area contributed by atoms with Crippen molar-refractivity contribution in [2.45, 2.75) is 45.2 Å². The number of furan rings is 1. The number of methoxy groups -OCH3 is 1. The predicted octanol–water partition coefficient (Wildman–Crippen LogP) is 3.49. The molecule has 1 fully saturated rings. The fourth-order valence-corrected chi connectivity index (χ4v) is 3.74. The molecule has 0 amide bonds. The number of hydrogen-bond donors (Lipinski definition) is 1. The number of ether oxygens (including phenoxy) is 1. The zero-order chi connectivity index (χ0) is 17.8. The Balaban J connectivity index is 0.00000243. The van der Waals surface area contributed by atoms with E-state index in [2.05, 4.69) is 35.2 Å². The molecule has 6 nitrogen and oxygen atoms in total. The summed E-state index contributed by atoms with van der Waals surface area (Å²) in [6.45, 7) is 8.21. The van der Waals surface area contributed by atoms with Crippen molar-refractivity contribution in [3.63, 3.8) is 0 Å². The van der Waals surface area contributed by atoms with Crippen molar-refractivity contribution in [2.24, 2.45) is 7.05 Å². The van der Waals surface area contributed by atoms with E-state index in [0.29, 0.717) is 5.92 Å². The van der Waals surface area contributed by atoms with Gasteiger partial charge in [0.25, 0.3) is 0 Å². The van der Waals surface area contributed by atoms with E-state index in [4.69, 9.17) is 9.15 Å². The van der Waals surface area contributed by atoms with Gasteiger partial charge in [-0.25, -0.2) is 4.68 Å². The van der Waals surface area contributed by atoms with Gasteiger partial charge in [0.05, 0.1) is 30.7 Å². The second kappa shape index (κ2) is 9.44. The quantitative estimate of drug-likeness (QED) is 0.757. The lowest BCUT2D eigenvalue weighted by Gasteiger charge is -2.26. The van der Waals surface area contributed by atoms with Crippen LogP contribution in [0.25, 0.3) is 0 Å². The summed E-state index contributed by atoms with van der Waals surface area (Å²) in [5.74, 6) is 2.25. The minimum absolute atomic E-state index is 0. The topological polar surface area (TPSA) is 55.5 Å². The SMILES string of the molecule is COc1c(CNCC(c2ccco2)N2CCCC2)c(C(C)C)nn1C.Cl. The Labute approximate surface area is 162 Å². The van der Waals surface area contributed by atoms with Crippen LogP contribution >= 0.6 is 12.4 Å². The molecule has 1 saturated heterocycles. The standard InChI is InChI=1S/C19H30N4O2.ClH/c1-14(2)18-15(19(24-4)22(3)21-18)12-20-13-16(17-8-7-11-25-17)23-9-5-6-10-23;/h7-8,11,14,16,20H,5-6,9-10,12-13H2,1-4H3;1H. The number of nitrogens with one attached hydrogen (secondary N) is 1. The summed E-state index contributed by atoms with van der Waals surface area (Å²) in [5.41, 5.74) is 2.25. The highest BCUT2D eigenvalue weighted by molar-refractivity contribution is 5.85. The highest BCUT2D eigenvalue weighted by atomic mass is 35.5. The van der Waals surface area contributed by atoms with E-state index in [0.717, 1.165) is 49.1 Å². The first-order chi connectivity index (χ1) is 12.1. The van der Waals surface area contributed by atoms with E-state index in [1.54, 1.807) is 13.4 Å². The Kier molecular flexibility index (Phi) is 7.55. The number of likely N-dealkylation sites (tertiary alicyclic amines) is 1. The van der Waals surface area contributed by atoms with E-state index in [1.165, 1.54) is 12.8 Å². The monoisotopic (exact) mass is 382 g/mol. The van der Waals surface area contributed by atoms with Gasteiger partial charge < -0.3 is 14.5 Å². The largest absolute Gasteiger partial charge is 0.481 e. The highest BCUT2D eigenvalue weighted by Gasteiger charge is 2.26. The molecular formula is C19H31ClN4O2. The van der Waals surface area contributed by atoms with E-state index in [-0.39, 0.29) is 18.4 Å². The second-order valence-corrected chi connectivity index (χ2v) is 7.06. The van der Waals surface area contributed by atoms with Crippen LogP contribution in [-0.4, -0.2) is 41.4 Å². The van der Waals surface area contributed by atoms with Gasteiger partial charge >= 0.3 is 0 Å². The molecule has 1 aliphatic heterocycles. The molecule has 1 atom stereocenters. The molecule has 1 unspecified atom stereocenters. The van der Waals surface area contributed by atoms with Crippen molar-refractivity contribution in [2.75, 3.05) is 26.7 Å². The van der Waals surface area contributed by atoms with Crippen molar-refractivity contribution < 1.29 is 9.15 Å². The van der Waals surface area contributed by atoms with E-state index >= 15 is 0 Å². The molecular weight excluding hydrogens is 352 g/mol. The van der Waals surface area contributed by atoms with Gasteiger partial charge in [-0.2, -0.15) is 5.10 Å². The molecule has 3 heterocycles. The maximum absolute atomic E-state index is 5.70. The van der Waals surface area contributed by atoms with Crippen LogP contribution in [0.1, 0.15) is 55.7 Å². The summed E-state index contributed by atoms with van der Waals surface area (Å²) in [6, 6.07) is 4.33. The third-order valence-corrected chi connectivity index (χ3v) is 4.95. The zero-order valence-electron chi connectivity index (χ0n) is 16.2. The van der Waals surface area contributed by atoms with Gasteiger partial charge in [-0.1, -0.05) is 13.8 Å². The number of hydrogen-bond acceptors (Lipinski definition) is 5. The molecule has 0 spiro atoms. The van der Waals surface area contributed by atoms with Crippen molar-refractivity contribution >= 4 is 12.4 Å². The lowest BCUT2D eigenvalue weighted by atomic mass is 10.1. The molecule has 0 aliphatic carbocycles. The molecule has 0 radical (unpaired) electrons. The average molecular weight is 383 g/mol. The number of halogens is 1. The molecule has 3 rings (SSSR count). The average Bonchev–Trinajstić information content (AvgIpc) is 3.33. The number of aryl methyl sites for hydroxylation is 1. The molecule has 1 N–H and O–H groups in total. The van der Waals surface area contributed by atoms with Gasteiger partial charge in [-0.3, -0.25) is 4.90 Å². The van der Waals surface area contributed by atoms with Gasteiger partial charge in [0.15, 0.2) is 0 Å². The molecule has 146 valence electrons. The Hall–Kier alpha value is -1.50. The third kappa shape index (κ3) is 4.42. The van der Waals surface area contributed by atoms with Gasteiger partial charge in [-0.05, 0) is 44.0 Å². The van der Waals surface area contributed by atoms with Crippen LogP contribution in [0.15, 0.2) is 22.8 Å². The summed E-state index contributed by atoms with van der Waals surface area (Å²) in [7, 11) is 3.64. The van der Waals surface area contributed by atoms with Crippen LogP contribution < -0.4 is 10.1 Å². The van der Waals surface area contributed by atoms with Crippen molar-refractivity contribution in [3.05, 3.63) is 35.4 Å². The number of rotatable bonds is 8. The molecule has 2 aromatic heterocycles. The summed E-state index contributed by atoms with van der Waals surface area (Å²) in [5, 5.41) is 8.24.